The lowest BCUT2D eigenvalue weighted by Crippen LogP contribution is -2.41. The fourth-order valence-electron chi connectivity index (χ4n) is 2.73. The molecule has 24 heavy (non-hydrogen) atoms. The van der Waals surface area contributed by atoms with E-state index in [4.69, 9.17) is 9.31 Å². The van der Waals surface area contributed by atoms with Crippen molar-refractivity contribution < 1.29 is 13.7 Å². The molecule has 1 rings (SSSR count). The lowest BCUT2D eigenvalue weighted by atomic mass is 9.90. The van der Waals surface area contributed by atoms with Crippen LogP contribution in [0.25, 0.3) is 0 Å². The maximum absolute atomic E-state index is 13.8. The molecule has 0 atom stereocenters. The summed E-state index contributed by atoms with van der Waals surface area (Å²) in [5.74, 6) is 1.72. The summed E-state index contributed by atoms with van der Waals surface area (Å²) in [5.41, 5.74) is -0.692. The first-order chi connectivity index (χ1) is 11.3. The molecule has 0 aromatic heterocycles. The molecule has 1 aliphatic rings. The number of rotatable bonds is 11. The second-order valence-corrected chi connectivity index (χ2v) is 7.85. The summed E-state index contributed by atoms with van der Waals surface area (Å²) in [4.78, 5) is 0. The standard InChI is InChI=1S/C20H36BFO2/c1-6-7-8-9-10-11-12-13-15-18(22)16-14-17-21-23-19(2,3)20(4,5)24-21/h14,16-17H,6-13,15H2,1-5H3/b17-14+,18-16+. The molecule has 0 aromatic rings. The fourth-order valence-corrected chi connectivity index (χ4v) is 2.73. The van der Waals surface area contributed by atoms with Crippen molar-refractivity contribution in [2.45, 2.75) is 104 Å². The topological polar surface area (TPSA) is 18.5 Å². The maximum atomic E-state index is 13.8. The third kappa shape index (κ3) is 7.52. The Kier molecular flexibility index (Phi) is 9.29. The van der Waals surface area contributed by atoms with Gasteiger partial charge in [0.2, 0.25) is 0 Å². The largest absolute Gasteiger partial charge is 0.487 e. The van der Waals surface area contributed by atoms with Gasteiger partial charge in [-0.05, 0) is 46.6 Å². The van der Waals surface area contributed by atoms with E-state index in [1.54, 1.807) is 12.1 Å². The van der Waals surface area contributed by atoms with E-state index in [0.29, 0.717) is 6.42 Å². The van der Waals surface area contributed by atoms with Gasteiger partial charge in [-0.3, -0.25) is 0 Å². The lowest BCUT2D eigenvalue weighted by molar-refractivity contribution is 0.00578. The zero-order valence-corrected chi connectivity index (χ0v) is 16.4. The Labute approximate surface area is 149 Å². The summed E-state index contributed by atoms with van der Waals surface area (Å²) in [6.07, 6.45) is 13.6. The zero-order chi connectivity index (χ0) is 18.1. The predicted molar refractivity (Wildman–Crippen MR) is 102 cm³/mol. The first-order valence-corrected chi connectivity index (χ1v) is 9.67. The molecule has 4 heteroatoms. The molecule has 1 fully saturated rings. The Morgan fingerprint density at radius 3 is 1.92 bits per heavy atom. The van der Waals surface area contributed by atoms with Crippen LogP contribution in [0, 0.1) is 0 Å². The Bertz CT molecular complexity index is 400. The molecule has 0 unspecified atom stereocenters. The van der Waals surface area contributed by atoms with Gasteiger partial charge in [0, 0.05) is 0 Å². The molecule has 1 heterocycles. The van der Waals surface area contributed by atoms with Crippen molar-refractivity contribution in [1.82, 2.24) is 0 Å². The van der Waals surface area contributed by atoms with Crippen LogP contribution in [-0.4, -0.2) is 18.3 Å². The Morgan fingerprint density at radius 1 is 0.875 bits per heavy atom. The molecular weight excluding hydrogens is 302 g/mol. The first-order valence-electron chi connectivity index (χ1n) is 9.67. The number of hydrogen-bond donors (Lipinski definition) is 0. The van der Waals surface area contributed by atoms with Crippen molar-refractivity contribution in [3.63, 3.8) is 0 Å². The van der Waals surface area contributed by atoms with Gasteiger partial charge in [-0.1, -0.05) is 63.9 Å². The van der Waals surface area contributed by atoms with E-state index in [1.165, 1.54) is 44.6 Å². The highest BCUT2D eigenvalue weighted by Crippen LogP contribution is 2.36. The minimum Gasteiger partial charge on any atom is -0.400 e. The summed E-state index contributed by atoms with van der Waals surface area (Å²) in [6, 6.07) is 0. The highest BCUT2D eigenvalue weighted by molar-refractivity contribution is 6.51. The van der Waals surface area contributed by atoms with E-state index >= 15 is 0 Å². The number of halogens is 1. The molecule has 0 aliphatic carbocycles. The van der Waals surface area contributed by atoms with Crippen molar-refractivity contribution in [3.05, 3.63) is 24.0 Å². The average molecular weight is 338 g/mol. The third-order valence-corrected chi connectivity index (χ3v) is 5.09. The molecule has 1 saturated heterocycles. The van der Waals surface area contributed by atoms with Crippen LogP contribution in [0.15, 0.2) is 24.0 Å². The average Bonchev–Trinajstić information content (AvgIpc) is 2.69. The molecule has 0 N–H and O–H groups in total. The van der Waals surface area contributed by atoms with Crippen LogP contribution in [0.1, 0.15) is 92.4 Å². The van der Waals surface area contributed by atoms with Crippen molar-refractivity contribution in [2.75, 3.05) is 0 Å². The van der Waals surface area contributed by atoms with Gasteiger partial charge in [-0.15, -0.1) is 0 Å². The maximum Gasteiger partial charge on any atom is 0.487 e. The van der Waals surface area contributed by atoms with Crippen LogP contribution in [-0.2, 0) is 9.31 Å². The van der Waals surface area contributed by atoms with Gasteiger partial charge in [0.15, 0.2) is 0 Å². The molecule has 0 bridgehead atoms. The monoisotopic (exact) mass is 338 g/mol. The van der Waals surface area contributed by atoms with E-state index in [-0.39, 0.29) is 17.0 Å². The van der Waals surface area contributed by atoms with Gasteiger partial charge in [-0.2, -0.15) is 0 Å². The van der Waals surface area contributed by atoms with Gasteiger partial charge in [0.05, 0.1) is 17.0 Å². The molecule has 0 amide bonds. The van der Waals surface area contributed by atoms with Crippen LogP contribution >= 0.6 is 0 Å². The van der Waals surface area contributed by atoms with Gasteiger partial charge in [-0.25, -0.2) is 4.39 Å². The van der Waals surface area contributed by atoms with Gasteiger partial charge >= 0.3 is 7.12 Å². The highest BCUT2D eigenvalue weighted by atomic mass is 19.1. The number of hydrogen-bond acceptors (Lipinski definition) is 2. The number of unbranched alkanes of at least 4 members (excludes halogenated alkanes) is 7. The van der Waals surface area contributed by atoms with Crippen LogP contribution in [0.5, 0.6) is 0 Å². The van der Waals surface area contributed by atoms with Gasteiger partial charge < -0.3 is 9.31 Å². The van der Waals surface area contributed by atoms with E-state index in [2.05, 4.69) is 6.92 Å². The van der Waals surface area contributed by atoms with Crippen LogP contribution in [0.2, 0.25) is 0 Å². The molecule has 0 spiro atoms. The highest BCUT2D eigenvalue weighted by Gasteiger charge is 2.49. The second kappa shape index (κ2) is 10.4. The Balaban J connectivity index is 2.16. The summed E-state index contributed by atoms with van der Waals surface area (Å²) < 4.78 is 25.5. The number of allylic oxidation sites excluding steroid dienone is 3. The summed E-state index contributed by atoms with van der Waals surface area (Å²) >= 11 is 0. The predicted octanol–water partition coefficient (Wildman–Crippen LogP) is 6.56. The smallest absolute Gasteiger partial charge is 0.400 e. The van der Waals surface area contributed by atoms with Gasteiger partial charge in [0.1, 0.15) is 0 Å². The molecule has 0 saturated carbocycles. The van der Waals surface area contributed by atoms with Crippen LogP contribution in [0.3, 0.4) is 0 Å². The van der Waals surface area contributed by atoms with Gasteiger partial charge in [0.25, 0.3) is 0 Å². The SMILES string of the molecule is CCCCCCCCCC/C(F)=C\C=C\B1OC(C)(C)C(C)(C)O1. The van der Waals surface area contributed by atoms with E-state index < -0.39 is 7.12 Å². The third-order valence-electron chi connectivity index (χ3n) is 5.09. The summed E-state index contributed by atoms with van der Waals surface area (Å²) in [5, 5.41) is 0. The first kappa shape index (κ1) is 21.4. The summed E-state index contributed by atoms with van der Waals surface area (Å²) in [6.45, 7) is 10.3. The van der Waals surface area contributed by atoms with Crippen molar-refractivity contribution in [2.24, 2.45) is 0 Å². The fraction of sp³-hybridized carbons (Fsp3) is 0.800. The van der Waals surface area contributed by atoms with E-state index in [1.807, 2.05) is 27.7 Å². The zero-order valence-electron chi connectivity index (χ0n) is 16.4. The molecule has 0 radical (unpaired) electrons. The second-order valence-electron chi connectivity index (χ2n) is 7.85. The van der Waals surface area contributed by atoms with Crippen LogP contribution in [0.4, 0.5) is 4.39 Å². The van der Waals surface area contributed by atoms with Crippen molar-refractivity contribution in [1.29, 1.82) is 0 Å². The quantitative estimate of drug-likeness (QED) is 0.241. The molecule has 138 valence electrons. The van der Waals surface area contributed by atoms with Crippen molar-refractivity contribution in [3.8, 4) is 0 Å². The van der Waals surface area contributed by atoms with E-state index in [0.717, 1.165) is 12.8 Å². The minimum atomic E-state index is -0.401. The molecule has 2 nitrogen and oxygen atoms in total. The molecular formula is C20H36BFO2. The Hall–Kier alpha value is -0.605. The van der Waals surface area contributed by atoms with E-state index in [9.17, 15) is 4.39 Å². The molecule has 0 aromatic carbocycles. The molecule has 1 aliphatic heterocycles. The van der Waals surface area contributed by atoms with Crippen molar-refractivity contribution >= 4 is 7.12 Å². The lowest BCUT2D eigenvalue weighted by Gasteiger charge is -2.32. The van der Waals surface area contributed by atoms with Crippen LogP contribution < -0.4 is 0 Å². The minimum absolute atomic E-state index is 0.0613. The summed E-state index contributed by atoms with van der Waals surface area (Å²) in [7, 11) is -0.401. The normalized spacial score (nSPS) is 20.2. The Morgan fingerprint density at radius 2 is 1.38 bits per heavy atom.